The molecule has 1 fully saturated rings. The van der Waals surface area contributed by atoms with Crippen molar-refractivity contribution >= 4 is 23.2 Å². The molecule has 2 aromatic rings. The Morgan fingerprint density at radius 1 is 1.08 bits per heavy atom. The highest BCUT2D eigenvalue weighted by atomic mass is 16.2. The van der Waals surface area contributed by atoms with Crippen LogP contribution in [0.3, 0.4) is 0 Å². The highest BCUT2D eigenvalue weighted by Crippen LogP contribution is 2.26. The zero-order valence-electron chi connectivity index (χ0n) is 15.0. The molecule has 0 aromatic heterocycles. The third-order valence-corrected chi connectivity index (χ3v) is 4.69. The average Bonchev–Trinajstić information content (AvgIpc) is 2.98. The van der Waals surface area contributed by atoms with Crippen LogP contribution in [-0.2, 0) is 9.59 Å². The number of carbonyl (C=O) groups excluding carboxylic acids is 2. The molecule has 2 amide bonds. The number of nitrogens with one attached hydrogen (secondary N) is 1. The van der Waals surface area contributed by atoms with Gasteiger partial charge in [0, 0.05) is 24.3 Å². The molecule has 130 valence electrons. The summed E-state index contributed by atoms with van der Waals surface area (Å²) in [5, 5.41) is 2.93. The first-order valence-corrected chi connectivity index (χ1v) is 8.72. The second kappa shape index (κ2) is 7.09. The summed E-state index contributed by atoms with van der Waals surface area (Å²) in [4.78, 5) is 26.5. The van der Waals surface area contributed by atoms with E-state index in [1.54, 1.807) is 4.90 Å². The number of anilines is 2. The van der Waals surface area contributed by atoms with Crippen molar-refractivity contribution in [3.05, 3.63) is 59.7 Å². The van der Waals surface area contributed by atoms with E-state index in [0.717, 1.165) is 16.9 Å². The summed E-state index contributed by atoms with van der Waals surface area (Å²) in [5.74, 6) is 0.0401. The van der Waals surface area contributed by atoms with E-state index in [1.807, 2.05) is 55.5 Å². The van der Waals surface area contributed by atoms with Crippen molar-refractivity contribution in [1.29, 1.82) is 0 Å². The molecule has 1 heterocycles. The van der Waals surface area contributed by atoms with Crippen LogP contribution < -0.4 is 10.2 Å². The quantitative estimate of drug-likeness (QED) is 0.913. The van der Waals surface area contributed by atoms with Crippen molar-refractivity contribution in [3.63, 3.8) is 0 Å². The number of amides is 2. The first kappa shape index (κ1) is 17.2. The third-order valence-electron chi connectivity index (χ3n) is 4.69. The van der Waals surface area contributed by atoms with E-state index < -0.39 is 0 Å². The van der Waals surface area contributed by atoms with Crippen LogP contribution in [0.4, 0.5) is 11.4 Å². The predicted octanol–water partition coefficient (Wildman–Crippen LogP) is 4.11. The molecule has 2 aromatic carbocycles. The minimum atomic E-state index is -0.321. The van der Waals surface area contributed by atoms with Crippen molar-refractivity contribution in [2.75, 3.05) is 16.8 Å². The van der Waals surface area contributed by atoms with Crippen molar-refractivity contribution in [2.45, 2.75) is 33.1 Å². The first-order valence-electron chi connectivity index (χ1n) is 8.72. The van der Waals surface area contributed by atoms with E-state index in [9.17, 15) is 9.59 Å². The van der Waals surface area contributed by atoms with Crippen LogP contribution in [0.1, 0.15) is 37.3 Å². The molecule has 0 unspecified atom stereocenters. The second-order valence-corrected chi connectivity index (χ2v) is 7.01. The molecule has 1 atom stereocenters. The minimum Gasteiger partial charge on any atom is -0.326 e. The molecule has 0 saturated carbocycles. The van der Waals surface area contributed by atoms with E-state index >= 15 is 0 Å². The lowest BCUT2D eigenvalue weighted by atomic mass is 10.0. The largest absolute Gasteiger partial charge is 0.326 e. The van der Waals surface area contributed by atoms with Crippen LogP contribution in [0.25, 0.3) is 0 Å². The molecule has 1 saturated heterocycles. The van der Waals surface area contributed by atoms with Crippen LogP contribution in [0.5, 0.6) is 0 Å². The van der Waals surface area contributed by atoms with Crippen LogP contribution in [0.15, 0.2) is 48.5 Å². The lowest BCUT2D eigenvalue weighted by Gasteiger charge is -2.17. The van der Waals surface area contributed by atoms with Crippen LogP contribution in [0.2, 0.25) is 0 Å². The van der Waals surface area contributed by atoms with Gasteiger partial charge in [-0.25, -0.2) is 0 Å². The molecule has 0 spiro atoms. The smallest absolute Gasteiger partial charge is 0.229 e. The fraction of sp³-hybridized carbons (Fsp3) is 0.333. The maximum Gasteiger partial charge on any atom is 0.229 e. The van der Waals surface area contributed by atoms with Gasteiger partial charge >= 0.3 is 0 Å². The summed E-state index contributed by atoms with van der Waals surface area (Å²) >= 11 is 0. The summed E-state index contributed by atoms with van der Waals surface area (Å²) in [6.45, 7) is 6.71. The molecule has 3 rings (SSSR count). The number of nitrogens with zero attached hydrogens (tertiary/aromatic N) is 1. The lowest BCUT2D eigenvalue weighted by molar-refractivity contribution is -0.122. The van der Waals surface area contributed by atoms with Gasteiger partial charge in [-0.2, -0.15) is 0 Å². The lowest BCUT2D eigenvalue weighted by Crippen LogP contribution is -2.28. The monoisotopic (exact) mass is 336 g/mol. The van der Waals surface area contributed by atoms with Gasteiger partial charge < -0.3 is 10.2 Å². The van der Waals surface area contributed by atoms with E-state index in [2.05, 4.69) is 19.2 Å². The number of rotatable bonds is 4. The zero-order valence-corrected chi connectivity index (χ0v) is 15.0. The Morgan fingerprint density at radius 3 is 2.32 bits per heavy atom. The number of hydrogen-bond donors (Lipinski definition) is 1. The Bertz CT molecular complexity index is 763. The molecule has 4 nitrogen and oxygen atoms in total. The number of benzene rings is 2. The molecule has 25 heavy (non-hydrogen) atoms. The van der Waals surface area contributed by atoms with Gasteiger partial charge in [0.15, 0.2) is 0 Å². The van der Waals surface area contributed by atoms with Gasteiger partial charge in [0.1, 0.15) is 0 Å². The van der Waals surface area contributed by atoms with Gasteiger partial charge in [-0.05, 0) is 42.7 Å². The topological polar surface area (TPSA) is 49.4 Å². The highest BCUT2D eigenvalue weighted by Gasteiger charge is 2.35. The van der Waals surface area contributed by atoms with Crippen molar-refractivity contribution in [2.24, 2.45) is 5.92 Å². The maximum atomic E-state index is 12.5. The molecular weight excluding hydrogens is 312 g/mol. The Labute approximate surface area is 148 Å². The fourth-order valence-electron chi connectivity index (χ4n) is 3.05. The fourth-order valence-corrected chi connectivity index (χ4v) is 3.05. The van der Waals surface area contributed by atoms with E-state index in [-0.39, 0.29) is 24.2 Å². The molecule has 0 bridgehead atoms. The molecule has 0 aliphatic carbocycles. The second-order valence-electron chi connectivity index (χ2n) is 7.01. The zero-order chi connectivity index (χ0) is 18.0. The summed E-state index contributed by atoms with van der Waals surface area (Å²) in [5.41, 5.74) is 4.01. The van der Waals surface area contributed by atoms with Crippen LogP contribution in [0, 0.1) is 12.8 Å². The first-order chi connectivity index (χ1) is 11.9. The van der Waals surface area contributed by atoms with E-state index in [0.29, 0.717) is 12.5 Å². The Morgan fingerprint density at radius 2 is 1.72 bits per heavy atom. The highest BCUT2D eigenvalue weighted by molar-refractivity contribution is 6.03. The normalized spacial score (nSPS) is 17.2. The van der Waals surface area contributed by atoms with Crippen molar-refractivity contribution in [1.82, 2.24) is 0 Å². The van der Waals surface area contributed by atoms with Gasteiger partial charge in [-0.15, -0.1) is 0 Å². The molecule has 1 N–H and O–H groups in total. The molecular formula is C21H24N2O2. The minimum absolute atomic E-state index is 0.000779. The maximum absolute atomic E-state index is 12.5. The van der Waals surface area contributed by atoms with Gasteiger partial charge in [-0.3, -0.25) is 9.59 Å². The van der Waals surface area contributed by atoms with Crippen molar-refractivity contribution < 1.29 is 9.59 Å². The molecule has 0 radical (unpaired) electrons. The van der Waals surface area contributed by atoms with Gasteiger partial charge in [0.25, 0.3) is 0 Å². The van der Waals surface area contributed by atoms with Crippen LogP contribution in [-0.4, -0.2) is 18.4 Å². The summed E-state index contributed by atoms with van der Waals surface area (Å²) in [6, 6.07) is 15.7. The van der Waals surface area contributed by atoms with E-state index in [4.69, 9.17) is 0 Å². The summed E-state index contributed by atoms with van der Waals surface area (Å²) < 4.78 is 0. The standard InChI is InChI=1S/C21H24N2O2/c1-14(2)16-6-8-18(9-7-16)22-21(25)17-12-20(24)23(13-17)19-10-4-15(3)5-11-19/h4-11,14,17H,12-13H2,1-3H3,(H,22,25)/t17-/m1/s1. The SMILES string of the molecule is Cc1ccc(N2C[C@H](C(=O)Nc3ccc(C(C)C)cc3)CC2=O)cc1. The Hall–Kier alpha value is -2.62. The molecule has 1 aliphatic heterocycles. The molecule has 1 aliphatic rings. The summed E-state index contributed by atoms with van der Waals surface area (Å²) in [6.07, 6.45) is 0.254. The van der Waals surface area contributed by atoms with Gasteiger partial charge in [0.2, 0.25) is 11.8 Å². The number of hydrogen-bond acceptors (Lipinski definition) is 2. The van der Waals surface area contributed by atoms with Crippen LogP contribution >= 0.6 is 0 Å². The molecule has 4 heteroatoms. The van der Waals surface area contributed by atoms with Gasteiger partial charge in [-0.1, -0.05) is 43.7 Å². The Kier molecular flexibility index (Phi) is 4.88. The number of carbonyl (C=O) groups is 2. The van der Waals surface area contributed by atoms with Crippen molar-refractivity contribution in [3.8, 4) is 0 Å². The Balaban J connectivity index is 1.65. The predicted molar refractivity (Wildman–Crippen MR) is 101 cm³/mol. The summed E-state index contributed by atoms with van der Waals surface area (Å²) in [7, 11) is 0. The number of aryl methyl sites for hydroxylation is 1. The van der Waals surface area contributed by atoms with E-state index in [1.165, 1.54) is 5.56 Å². The van der Waals surface area contributed by atoms with Gasteiger partial charge in [0.05, 0.1) is 5.92 Å². The third kappa shape index (κ3) is 3.90. The average molecular weight is 336 g/mol.